The number of rotatable bonds is 8. The molecule has 0 atom stereocenters. The molecule has 7 nitrogen and oxygen atoms in total. The molecule has 1 amide bonds. The highest BCUT2D eigenvalue weighted by Gasteiger charge is 2.24. The van der Waals surface area contributed by atoms with Gasteiger partial charge in [-0.05, 0) is 50.5 Å². The normalized spacial score (nSPS) is 14.4. The molecular weight excluding hydrogens is 404 g/mol. The predicted octanol–water partition coefficient (Wildman–Crippen LogP) is 3.20. The van der Waals surface area contributed by atoms with Gasteiger partial charge in [-0.25, -0.2) is 13.1 Å². The third-order valence-electron chi connectivity index (χ3n) is 5.08. The molecule has 0 spiro atoms. The van der Waals surface area contributed by atoms with Crippen molar-refractivity contribution in [2.75, 3.05) is 26.8 Å². The van der Waals surface area contributed by atoms with Crippen molar-refractivity contribution in [2.45, 2.75) is 37.6 Å². The van der Waals surface area contributed by atoms with Crippen LogP contribution in [0.2, 0.25) is 0 Å². The molecule has 0 aromatic heterocycles. The molecule has 1 aliphatic heterocycles. The second-order valence-electron chi connectivity index (χ2n) is 7.08. The van der Waals surface area contributed by atoms with Gasteiger partial charge in [0, 0.05) is 25.2 Å². The maximum atomic E-state index is 13.0. The number of para-hydroxylation sites is 1. The minimum absolute atomic E-state index is 0.0255. The van der Waals surface area contributed by atoms with Crippen LogP contribution in [0.5, 0.6) is 11.5 Å². The van der Waals surface area contributed by atoms with E-state index in [1.807, 2.05) is 25.1 Å². The first-order valence-corrected chi connectivity index (χ1v) is 11.6. The maximum Gasteiger partial charge on any atom is 0.257 e. The average Bonchev–Trinajstić information content (AvgIpc) is 2.78. The van der Waals surface area contributed by atoms with Gasteiger partial charge in [0.25, 0.3) is 5.91 Å². The van der Waals surface area contributed by atoms with E-state index in [2.05, 4.69) is 4.72 Å². The van der Waals surface area contributed by atoms with Crippen LogP contribution >= 0.6 is 0 Å². The Morgan fingerprint density at radius 2 is 1.80 bits per heavy atom. The third kappa shape index (κ3) is 5.12. The van der Waals surface area contributed by atoms with Crippen molar-refractivity contribution < 1.29 is 22.7 Å². The number of nitrogens with zero attached hydrogens (tertiary/aromatic N) is 1. The van der Waals surface area contributed by atoms with E-state index in [4.69, 9.17) is 9.47 Å². The van der Waals surface area contributed by atoms with Crippen LogP contribution in [0.25, 0.3) is 0 Å². The minimum Gasteiger partial charge on any atom is -0.496 e. The van der Waals surface area contributed by atoms with Gasteiger partial charge >= 0.3 is 0 Å². The summed E-state index contributed by atoms with van der Waals surface area (Å²) in [6.45, 7) is 3.79. The van der Waals surface area contributed by atoms with Crippen LogP contribution in [0.1, 0.15) is 42.1 Å². The third-order valence-corrected chi connectivity index (χ3v) is 6.48. The molecule has 1 saturated heterocycles. The number of carbonyl (C=O) groups excluding carboxylic acids is 1. The van der Waals surface area contributed by atoms with Crippen LogP contribution in [0.4, 0.5) is 0 Å². The molecule has 162 valence electrons. The van der Waals surface area contributed by atoms with Crippen molar-refractivity contribution in [2.24, 2.45) is 0 Å². The Balaban J connectivity index is 1.83. The Kier molecular flexibility index (Phi) is 7.33. The first-order valence-electron chi connectivity index (χ1n) is 10.1. The van der Waals surface area contributed by atoms with Gasteiger partial charge in [-0.15, -0.1) is 0 Å². The SMILES string of the molecule is CCOc1ccccc1CNS(=O)(=O)c1ccc(OC)c(C(=O)N2CCCCC2)c1. The summed E-state index contributed by atoms with van der Waals surface area (Å²) in [6, 6.07) is 11.7. The molecule has 2 aromatic carbocycles. The summed E-state index contributed by atoms with van der Waals surface area (Å²) in [5.74, 6) is 0.801. The Labute approximate surface area is 178 Å². The molecule has 30 heavy (non-hydrogen) atoms. The van der Waals surface area contributed by atoms with Crippen molar-refractivity contribution in [1.82, 2.24) is 9.62 Å². The van der Waals surface area contributed by atoms with E-state index >= 15 is 0 Å². The molecule has 1 fully saturated rings. The highest BCUT2D eigenvalue weighted by Crippen LogP contribution is 2.26. The summed E-state index contributed by atoms with van der Waals surface area (Å²) in [7, 11) is -2.36. The molecule has 0 radical (unpaired) electrons. The largest absolute Gasteiger partial charge is 0.496 e. The van der Waals surface area contributed by atoms with E-state index in [1.54, 1.807) is 11.0 Å². The van der Waals surface area contributed by atoms with Crippen molar-refractivity contribution in [1.29, 1.82) is 0 Å². The number of carbonyl (C=O) groups is 1. The van der Waals surface area contributed by atoms with E-state index in [0.717, 1.165) is 24.8 Å². The minimum atomic E-state index is -3.83. The van der Waals surface area contributed by atoms with Crippen molar-refractivity contribution >= 4 is 15.9 Å². The maximum absolute atomic E-state index is 13.0. The molecule has 0 bridgehead atoms. The first kappa shape index (κ1) is 22.1. The lowest BCUT2D eigenvalue weighted by atomic mass is 10.1. The number of hydrogen-bond acceptors (Lipinski definition) is 5. The highest BCUT2D eigenvalue weighted by atomic mass is 32.2. The van der Waals surface area contributed by atoms with E-state index in [-0.39, 0.29) is 22.9 Å². The van der Waals surface area contributed by atoms with Gasteiger partial charge in [0.1, 0.15) is 11.5 Å². The lowest BCUT2D eigenvalue weighted by Gasteiger charge is -2.27. The number of ether oxygens (including phenoxy) is 2. The quantitative estimate of drug-likeness (QED) is 0.692. The second-order valence-corrected chi connectivity index (χ2v) is 8.85. The predicted molar refractivity (Wildman–Crippen MR) is 114 cm³/mol. The van der Waals surface area contributed by atoms with Crippen LogP contribution in [0, 0.1) is 0 Å². The molecule has 1 N–H and O–H groups in total. The number of methoxy groups -OCH3 is 1. The van der Waals surface area contributed by atoms with Crippen LogP contribution in [-0.2, 0) is 16.6 Å². The number of sulfonamides is 1. The number of piperidine rings is 1. The van der Waals surface area contributed by atoms with Gasteiger partial charge < -0.3 is 14.4 Å². The molecule has 0 aliphatic carbocycles. The molecular formula is C22H28N2O5S. The summed E-state index contributed by atoms with van der Waals surface area (Å²) in [5.41, 5.74) is 0.998. The molecule has 0 unspecified atom stereocenters. The molecule has 2 aromatic rings. The number of likely N-dealkylation sites (tertiary alicyclic amines) is 1. The Morgan fingerprint density at radius 1 is 1.07 bits per heavy atom. The monoisotopic (exact) mass is 432 g/mol. The van der Waals surface area contributed by atoms with Crippen LogP contribution in [0.3, 0.4) is 0 Å². The van der Waals surface area contributed by atoms with E-state index in [0.29, 0.717) is 31.2 Å². The zero-order valence-corrected chi connectivity index (χ0v) is 18.2. The molecule has 1 aliphatic rings. The molecule has 8 heteroatoms. The van der Waals surface area contributed by atoms with Crippen molar-refractivity contribution in [3.63, 3.8) is 0 Å². The Morgan fingerprint density at radius 3 is 2.50 bits per heavy atom. The van der Waals surface area contributed by atoms with Crippen LogP contribution < -0.4 is 14.2 Å². The highest BCUT2D eigenvalue weighted by molar-refractivity contribution is 7.89. The first-order chi connectivity index (χ1) is 14.5. The summed E-state index contributed by atoms with van der Waals surface area (Å²) >= 11 is 0. The number of nitrogens with one attached hydrogen (secondary N) is 1. The molecule has 3 rings (SSSR count). The summed E-state index contributed by atoms with van der Waals surface area (Å²) in [4.78, 5) is 14.7. The van der Waals surface area contributed by atoms with Gasteiger partial charge in [-0.2, -0.15) is 0 Å². The standard InChI is InChI=1S/C22H28N2O5S/c1-3-29-20-10-6-5-9-17(20)16-23-30(26,27)18-11-12-21(28-2)19(15-18)22(25)24-13-7-4-8-14-24/h5-6,9-12,15,23H,3-4,7-8,13-14,16H2,1-2H3. The molecule has 0 saturated carbocycles. The molecule has 1 heterocycles. The topological polar surface area (TPSA) is 84.9 Å². The number of benzene rings is 2. The van der Waals surface area contributed by atoms with Gasteiger partial charge in [-0.1, -0.05) is 18.2 Å². The summed E-state index contributed by atoms with van der Waals surface area (Å²) in [6.07, 6.45) is 3.00. The van der Waals surface area contributed by atoms with Crippen LogP contribution in [0.15, 0.2) is 47.4 Å². The fourth-order valence-corrected chi connectivity index (χ4v) is 4.52. The zero-order chi connectivity index (χ0) is 21.6. The van der Waals surface area contributed by atoms with E-state index in [1.165, 1.54) is 25.3 Å². The Hall–Kier alpha value is -2.58. The summed E-state index contributed by atoms with van der Waals surface area (Å²) < 4.78 is 39.3. The summed E-state index contributed by atoms with van der Waals surface area (Å²) in [5, 5.41) is 0. The lowest BCUT2D eigenvalue weighted by Crippen LogP contribution is -2.36. The van der Waals surface area contributed by atoms with Crippen molar-refractivity contribution in [3.8, 4) is 11.5 Å². The van der Waals surface area contributed by atoms with Gasteiger partial charge in [0.2, 0.25) is 10.0 Å². The van der Waals surface area contributed by atoms with E-state index < -0.39 is 10.0 Å². The van der Waals surface area contributed by atoms with Gasteiger partial charge in [0.05, 0.1) is 24.2 Å². The number of hydrogen-bond donors (Lipinski definition) is 1. The van der Waals surface area contributed by atoms with Crippen molar-refractivity contribution in [3.05, 3.63) is 53.6 Å². The smallest absolute Gasteiger partial charge is 0.257 e. The number of amides is 1. The fourth-order valence-electron chi connectivity index (χ4n) is 3.49. The average molecular weight is 433 g/mol. The van der Waals surface area contributed by atoms with E-state index in [9.17, 15) is 13.2 Å². The zero-order valence-electron chi connectivity index (χ0n) is 17.4. The Bertz CT molecular complexity index is 985. The van der Waals surface area contributed by atoms with Crippen LogP contribution in [-0.4, -0.2) is 46.0 Å². The lowest BCUT2D eigenvalue weighted by molar-refractivity contribution is 0.0720. The second kappa shape index (κ2) is 9.95. The van der Waals surface area contributed by atoms with Gasteiger partial charge in [0.15, 0.2) is 0 Å². The fraction of sp³-hybridized carbons (Fsp3) is 0.409. The van der Waals surface area contributed by atoms with Gasteiger partial charge in [-0.3, -0.25) is 4.79 Å².